The monoisotopic (exact) mass is 236 g/mol. The van der Waals surface area contributed by atoms with Gasteiger partial charge in [0.05, 0.1) is 0 Å². The molecule has 0 radical (unpaired) electrons. The molecule has 1 amide bonds. The van der Waals surface area contributed by atoms with Gasteiger partial charge in [-0.1, -0.05) is 13.0 Å². The summed E-state index contributed by atoms with van der Waals surface area (Å²) in [6.45, 7) is 4.55. The molecule has 1 atom stereocenters. The van der Waals surface area contributed by atoms with Crippen molar-refractivity contribution in [2.45, 2.75) is 26.3 Å². The van der Waals surface area contributed by atoms with Crippen LogP contribution in [-0.2, 0) is 4.79 Å². The molecule has 0 aliphatic rings. The van der Waals surface area contributed by atoms with Crippen molar-refractivity contribution in [3.05, 3.63) is 18.2 Å². The van der Waals surface area contributed by atoms with Gasteiger partial charge >= 0.3 is 0 Å². The van der Waals surface area contributed by atoms with E-state index in [0.29, 0.717) is 12.4 Å². The Kier molecular flexibility index (Phi) is 5.26. The second-order valence-electron chi connectivity index (χ2n) is 3.82. The average Bonchev–Trinajstić information content (AvgIpc) is 2.36. The molecule has 17 heavy (non-hydrogen) atoms. The maximum Gasteiger partial charge on any atom is 0.242 e. The molecule has 1 unspecified atom stereocenters. The van der Waals surface area contributed by atoms with Gasteiger partial charge in [-0.25, -0.2) is 4.98 Å². The van der Waals surface area contributed by atoms with Gasteiger partial charge in [-0.15, -0.1) is 0 Å². The zero-order chi connectivity index (χ0) is 12.7. The van der Waals surface area contributed by atoms with Crippen molar-refractivity contribution < 1.29 is 4.79 Å². The maximum absolute atomic E-state index is 11.6. The van der Waals surface area contributed by atoms with Crippen LogP contribution in [0.15, 0.2) is 18.2 Å². The predicted octanol–water partition coefficient (Wildman–Crippen LogP) is 1.45. The number of pyridine rings is 1. The lowest BCUT2D eigenvalue weighted by Gasteiger charge is -2.14. The fourth-order valence-electron chi connectivity index (χ4n) is 1.34. The summed E-state index contributed by atoms with van der Waals surface area (Å²) in [4.78, 5) is 15.9. The van der Waals surface area contributed by atoms with E-state index in [4.69, 9.17) is 0 Å². The van der Waals surface area contributed by atoms with Gasteiger partial charge in [-0.05, 0) is 25.5 Å². The normalized spacial score (nSPS) is 11.7. The SMILES string of the molecule is CCCNC(=O)C(C)Nc1cccc(NC)n1. The molecule has 5 nitrogen and oxygen atoms in total. The molecule has 0 aliphatic heterocycles. The Labute approximate surface area is 102 Å². The number of hydrogen-bond donors (Lipinski definition) is 3. The van der Waals surface area contributed by atoms with Crippen molar-refractivity contribution in [2.24, 2.45) is 0 Å². The summed E-state index contributed by atoms with van der Waals surface area (Å²) in [5.74, 6) is 1.45. The van der Waals surface area contributed by atoms with Crippen LogP contribution in [0.1, 0.15) is 20.3 Å². The highest BCUT2D eigenvalue weighted by Gasteiger charge is 2.11. The first-order valence-corrected chi connectivity index (χ1v) is 5.86. The Balaban J connectivity index is 2.54. The van der Waals surface area contributed by atoms with Crippen molar-refractivity contribution in [3.8, 4) is 0 Å². The minimum atomic E-state index is -0.291. The molecule has 0 bridgehead atoms. The topological polar surface area (TPSA) is 66.1 Å². The Hall–Kier alpha value is -1.78. The Morgan fingerprint density at radius 3 is 2.76 bits per heavy atom. The van der Waals surface area contributed by atoms with E-state index in [0.717, 1.165) is 12.2 Å². The quantitative estimate of drug-likeness (QED) is 0.699. The van der Waals surface area contributed by atoms with Crippen LogP contribution in [0.25, 0.3) is 0 Å². The van der Waals surface area contributed by atoms with Crippen LogP contribution < -0.4 is 16.0 Å². The molecule has 1 heterocycles. The van der Waals surface area contributed by atoms with E-state index < -0.39 is 0 Å². The van der Waals surface area contributed by atoms with E-state index in [2.05, 4.69) is 20.9 Å². The molecule has 0 aliphatic carbocycles. The van der Waals surface area contributed by atoms with Gasteiger partial charge in [0, 0.05) is 13.6 Å². The number of anilines is 2. The lowest BCUT2D eigenvalue weighted by atomic mass is 10.3. The lowest BCUT2D eigenvalue weighted by molar-refractivity contribution is -0.121. The van der Waals surface area contributed by atoms with Crippen LogP contribution in [0.5, 0.6) is 0 Å². The Bertz CT molecular complexity index is 367. The first kappa shape index (κ1) is 13.3. The van der Waals surface area contributed by atoms with Crippen LogP contribution in [0.3, 0.4) is 0 Å². The number of amides is 1. The third kappa shape index (κ3) is 4.30. The summed E-state index contributed by atoms with van der Waals surface area (Å²) in [6.07, 6.45) is 0.936. The third-order valence-electron chi connectivity index (χ3n) is 2.31. The van der Waals surface area contributed by atoms with Crippen molar-refractivity contribution in [2.75, 3.05) is 24.2 Å². The zero-order valence-corrected chi connectivity index (χ0v) is 10.6. The lowest BCUT2D eigenvalue weighted by Crippen LogP contribution is -2.38. The summed E-state index contributed by atoms with van der Waals surface area (Å²) < 4.78 is 0. The fourth-order valence-corrected chi connectivity index (χ4v) is 1.34. The Morgan fingerprint density at radius 2 is 2.12 bits per heavy atom. The van der Waals surface area contributed by atoms with Gasteiger partial charge in [0.15, 0.2) is 0 Å². The van der Waals surface area contributed by atoms with Gasteiger partial charge in [0.25, 0.3) is 0 Å². The van der Waals surface area contributed by atoms with Crippen LogP contribution in [0.4, 0.5) is 11.6 Å². The van der Waals surface area contributed by atoms with Gasteiger partial charge in [0.2, 0.25) is 5.91 Å². The second-order valence-corrected chi connectivity index (χ2v) is 3.82. The predicted molar refractivity (Wildman–Crippen MR) is 70.2 cm³/mol. The van der Waals surface area contributed by atoms with Crippen molar-refractivity contribution in [1.82, 2.24) is 10.3 Å². The number of carbonyl (C=O) groups excluding carboxylic acids is 1. The van der Waals surface area contributed by atoms with Gasteiger partial charge in [-0.2, -0.15) is 0 Å². The highest BCUT2D eigenvalue weighted by Crippen LogP contribution is 2.09. The molecular formula is C12H20N4O. The minimum absolute atomic E-state index is 0.0106. The maximum atomic E-state index is 11.6. The van der Waals surface area contributed by atoms with Crippen LogP contribution >= 0.6 is 0 Å². The van der Waals surface area contributed by atoms with E-state index >= 15 is 0 Å². The third-order valence-corrected chi connectivity index (χ3v) is 2.31. The summed E-state index contributed by atoms with van der Waals surface area (Å²) in [5.41, 5.74) is 0. The smallest absolute Gasteiger partial charge is 0.242 e. The van der Waals surface area contributed by atoms with E-state index in [1.54, 1.807) is 0 Å². The zero-order valence-electron chi connectivity index (χ0n) is 10.6. The van der Waals surface area contributed by atoms with Crippen molar-refractivity contribution in [1.29, 1.82) is 0 Å². The molecule has 1 rings (SSSR count). The molecule has 94 valence electrons. The summed E-state index contributed by atoms with van der Waals surface area (Å²) >= 11 is 0. The minimum Gasteiger partial charge on any atom is -0.373 e. The van der Waals surface area contributed by atoms with E-state index in [1.165, 1.54) is 0 Å². The summed E-state index contributed by atoms with van der Waals surface area (Å²) in [7, 11) is 1.81. The van der Waals surface area contributed by atoms with Crippen LogP contribution in [0, 0.1) is 0 Å². The molecule has 1 aromatic heterocycles. The number of aromatic nitrogens is 1. The van der Waals surface area contributed by atoms with Crippen molar-refractivity contribution >= 4 is 17.5 Å². The molecule has 3 N–H and O–H groups in total. The van der Waals surface area contributed by atoms with Gasteiger partial charge in [0.1, 0.15) is 17.7 Å². The first-order chi connectivity index (χ1) is 8.17. The molecule has 5 heteroatoms. The van der Waals surface area contributed by atoms with Crippen LogP contribution in [0.2, 0.25) is 0 Å². The highest BCUT2D eigenvalue weighted by atomic mass is 16.2. The average molecular weight is 236 g/mol. The number of nitrogens with zero attached hydrogens (tertiary/aromatic N) is 1. The number of carbonyl (C=O) groups is 1. The molecule has 0 aromatic carbocycles. The van der Waals surface area contributed by atoms with Crippen LogP contribution in [-0.4, -0.2) is 30.5 Å². The number of rotatable bonds is 6. The summed E-state index contributed by atoms with van der Waals surface area (Å²) in [5, 5.41) is 8.85. The number of nitrogens with one attached hydrogen (secondary N) is 3. The standard InChI is InChI=1S/C12H20N4O/c1-4-8-14-12(17)9(2)15-11-7-5-6-10(13-3)16-11/h5-7,9H,4,8H2,1-3H3,(H,14,17)(H2,13,15,16). The molecule has 0 saturated heterocycles. The van der Waals surface area contributed by atoms with E-state index in [-0.39, 0.29) is 11.9 Å². The Morgan fingerprint density at radius 1 is 1.41 bits per heavy atom. The highest BCUT2D eigenvalue weighted by molar-refractivity contribution is 5.83. The first-order valence-electron chi connectivity index (χ1n) is 5.86. The van der Waals surface area contributed by atoms with E-state index in [1.807, 2.05) is 39.1 Å². The number of hydrogen-bond acceptors (Lipinski definition) is 4. The molecular weight excluding hydrogens is 216 g/mol. The molecule has 0 fully saturated rings. The molecule has 1 aromatic rings. The second kappa shape index (κ2) is 6.73. The van der Waals surface area contributed by atoms with Gasteiger partial charge < -0.3 is 16.0 Å². The van der Waals surface area contributed by atoms with Gasteiger partial charge in [-0.3, -0.25) is 4.79 Å². The van der Waals surface area contributed by atoms with E-state index in [9.17, 15) is 4.79 Å². The van der Waals surface area contributed by atoms with Crippen molar-refractivity contribution in [3.63, 3.8) is 0 Å². The molecule has 0 spiro atoms. The molecule has 0 saturated carbocycles. The summed E-state index contributed by atoms with van der Waals surface area (Å²) in [6, 6.07) is 5.30. The fraction of sp³-hybridized carbons (Fsp3) is 0.500. The largest absolute Gasteiger partial charge is 0.373 e.